The minimum absolute atomic E-state index is 0.437. The molecule has 3 aromatic rings. The lowest BCUT2D eigenvalue weighted by Gasteiger charge is -2.00. The molecule has 2 heterocycles. The Balaban J connectivity index is 1.96. The standard InChI is InChI=1S/C14H11NO2S3/c1-8-6-18-14(15-8)19-7-10-9-4-2-3-5-11(9)20-12(10)13(16)17/h2-6H,7H2,1H3,(H,16,17). The zero-order chi connectivity index (χ0) is 14.1. The molecular weight excluding hydrogens is 310 g/mol. The summed E-state index contributed by atoms with van der Waals surface area (Å²) in [5.41, 5.74) is 1.90. The molecule has 0 spiro atoms. The number of rotatable bonds is 4. The van der Waals surface area contributed by atoms with Gasteiger partial charge in [0.25, 0.3) is 0 Å². The number of hydrogen-bond donors (Lipinski definition) is 1. The van der Waals surface area contributed by atoms with Crippen molar-refractivity contribution in [3.8, 4) is 0 Å². The minimum Gasteiger partial charge on any atom is -0.477 e. The Labute approximate surface area is 128 Å². The van der Waals surface area contributed by atoms with Crippen LogP contribution in [0.3, 0.4) is 0 Å². The van der Waals surface area contributed by atoms with Crippen LogP contribution in [0.5, 0.6) is 0 Å². The topological polar surface area (TPSA) is 50.2 Å². The zero-order valence-corrected chi connectivity index (χ0v) is 13.1. The molecule has 0 aliphatic rings. The van der Waals surface area contributed by atoms with Crippen molar-refractivity contribution in [1.29, 1.82) is 0 Å². The van der Waals surface area contributed by atoms with E-state index in [2.05, 4.69) is 4.98 Å². The van der Waals surface area contributed by atoms with E-state index in [0.717, 1.165) is 25.7 Å². The number of carboxylic acids is 1. The summed E-state index contributed by atoms with van der Waals surface area (Å²) < 4.78 is 2.00. The first-order valence-corrected chi connectivity index (χ1v) is 8.62. The van der Waals surface area contributed by atoms with E-state index in [1.165, 1.54) is 11.3 Å². The third-order valence-corrected chi connectivity index (χ3v) is 6.20. The fraction of sp³-hybridized carbons (Fsp3) is 0.143. The molecule has 102 valence electrons. The van der Waals surface area contributed by atoms with Crippen molar-refractivity contribution in [3.63, 3.8) is 0 Å². The van der Waals surface area contributed by atoms with Crippen LogP contribution in [0.25, 0.3) is 10.1 Å². The molecule has 3 nitrogen and oxygen atoms in total. The highest BCUT2D eigenvalue weighted by atomic mass is 32.2. The Bertz CT molecular complexity index is 776. The molecule has 0 radical (unpaired) electrons. The number of benzene rings is 1. The SMILES string of the molecule is Cc1csc(SCc2c(C(=O)O)sc3ccccc23)n1. The molecule has 0 saturated heterocycles. The second-order valence-electron chi connectivity index (χ2n) is 4.25. The van der Waals surface area contributed by atoms with Crippen molar-refractivity contribution in [2.24, 2.45) is 0 Å². The normalized spacial score (nSPS) is 11.1. The molecule has 1 N–H and O–H groups in total. The van der Waals surface area contributed by atoms with E-state index in [9.17, 15) is 9.90 Å². The van der Waals surface area contributed by atoms with Gasteiger partial charge in [-0.3, -0.25) is 0 Å². The third kappa shape index (κ3) is 2.59. The molecule has 0 fully saturated rings. The van der Waals surface area contributed by atoms with Gasteiger partial charge in [-0.15, -0.1) is 22.7 Å². The number of nitrogens with zero attached hydrogens (tertiary/aromatic N) is 1. The molecule has 0 aliphatic heterocycles. The highest BCUT2D eigenvalue weighted by Crippen LogP contribution is 2.36. The lowest BCUT2D eigenvalue weighted by molar-refractivity contribution is 0.0701. The van der Waals surface area contributed by atoms with Gasteiger partial charge in [-0.2, -0.15) is 0 Å². The Hall–Kier alpha value is -1.37. The van der Waals surface area contributed by atoms with E-state index in [4.69, 9.17) is 0 Å². The number of aromatic nitrogens is 1. The lowest BCUT2D eigenvalue weighted by atomic mass is 10.1. The fourth-order valence-electron chi connectivity index (χ4n) is 1.95. The molecule has 0 atom stereocenters. The maximum Gasteiger partial charge on any atom is 0.346 e. The van der Waals surface area contributed by atoms with Crippen molar-refractivity contribution in [3.05, 3.63) is 45.8 Å². The Morgan fingerprint density at radius 3 is 2.90 bits per heavy atom. The van der Waals surface area contributed by atoms with Gasteiger partial charge in [0.2, 0.25) is 0 Å². The van der Waals surface area contributed by atoms with Crippen LogP contribution >= 0.6 is 34.4 Å². The molecule has 0 saturated carbocycles. The second kappa shape index (κ2) is 5.55. The molecular formula is C14H11NO2S3. The molecule has 0 bridgehead atoms. The third-order valence-electron chi connectivity index (χ3n) is 2.83. The van der Waals surface area contributed by atoms with Crippen LogP contribution in [0.2, 0.25) is 0 Å². The monoisotopic (exact) mass is 321 g/mol. The van der Waals surface area contributed by atoms with E-state index >= 15 is 0 Å². The van der Waals surface area contributed by atoms with Gasteiger partial charge in [0, 0.05) is 21.5 Å². The van der Waals surface area contributed by atoms with E-state index in [0.29, 0.717) is 10.6 Å². The minimum atomic E-state index is -0.850. The van der Waals surface area contributed by atoms with Gasteiger partial charge in [0.15, 0.2) is 0 Å². The predicted octanol–water partition coefficient (Wildman–Crippen LogP) is 4.66. The average molecular weight is 321 g/mol. The van der Waals surface area contributed by atoms with Gasteiger partial charge in [-0.1, -0.05) is 30.0 Å². The fourth-order valence-corrected chi connectivity index (χ4v) is 4.99. The van der Waals surface area contributed by atoms with Crippen molar-refractivity contribution < 1.29 is 9.90 Å². The first-order valence-electron chi connectivity index (χ1n) is 5.94. The van der Waals surface area contributed by atoms with E-state index in [1.54, 1.807) is 23.1 Å². The largest absolute Gasteiger partial charge is 0.477 e. The predicted molar refractivity (Wildman–Crippen MR) is 85.2 cm³/mol. The van der Waals surface area contributed by atoms with E-state index in [-0.39, 0.29) is 0 Å². The highest BCUT2D eigenvalue weighted by molar-refractivity contribution is 8.00. The Morgan fingerprint density at radius 1 is 1.40 bits per heavy atom. The van der Waals surface area contributed by atoms with Crippen LogP contribution in [-0.4, -0.2) is 16.1 Å². The van der Waals surface area contributed by atoms with Crippen LogP contribution < -0.4 is 0 Å². The Kier molecular flexibility index (Phi) is 3.78. The number of aromatic carboxylic acids is 1. The summed E-state index contributed by atoms with van der Waals surface area (Å²) in [5, 5.41) is 12.4. The summed E-state index contributed by atoms with van der Waals surface area (Å²) in [4.78, 5) is 16.2. The van der Waals surface area contributed by atoms with E-state index < -0.39 is 5.97 Å². The van der Waals surface area contributed by atoms with Crippen molar-refractivity contribution in [2.75, 3.05) is 0 Å². The van der Waals surface area contributed by atoms with Gasteiger partial charge in [0.05, 0.1) is 0 Å². The van der Waals surface area contributed by atoms with Gasteiger partial charge in [0.1, 0.15) is 9.22 Å². The maximum atomic E-state index is 11.4. The summed E-state index contributed by atoms with van der Waals surface area (Å²) in [5.74, 6) is -0.212. The number of carboxylic acid groups (broad SMARTS) is 1. The van der Waals surface area contributed by atoms with Crippen LogP contribution in [0.1, 0.15) is 20.9 Å². The molecule has 20 heavy (non-hydrogen) atoms. The average Bonchev–Trinajstić information content (AvgIpc) is 3.00. The number of fused-ring (bicyclic) bond motifs is 1. The van der Waals surface area contributed by atoms with Crippen LogP contribution in [-0.2, 0) is 5.75 Å². The Morgan fingerprint density at radius 2 is 2.20 bits per heavy atom. The smallest absolute Gasteiger partial charge is 0.346 e. The summed E-state index contributed by atoms with van der Waals surface area (Å²) in [6.07, 6.45) is 0. The van der Waals surface area contributed by atoms with Crippen molar-refractivity contribution in [2.45, 2.75) is 17.0 Å². The number of thiazole rings is 1. The zero-order valence-electron chi connectivity index (χ0n) is 10.6. The number of thiophene rings is 1. The van der Waals surface area contributed by atoms with E-state index in [1.807, 2.05) is 36.6 Å². The molecule has 2 aromatic heterocycles. The van der Waals surface area contributed by atoms with Crippen LogP contribution in [0.15, 0.2) is 34.0 Å². The van der Waals surface area contributed by atoms with Crippen LogP contribution in [0, 0.1) is 6.92 Å². The number of aryl methyl sites for hydroxylation is 1. The van der Waals surface area contributed by atoms with Gasteiger partial charge in [-0.05, 0) is 23.9 Å². The van der Waals surface area contributed by atoms with Gasteiger partial charge >= 0.3 is 5.97 Å². The lowest BCUT2D eigenvalue weighted by Crippen LogP contribution is -1.96. The van der Waals surface area contributed by atoms with Gasteiger partial charge in [-0.25, -0.2) is 9.78 Å². The molecule has 3 rings (SSSR count). The molecule has 0 aliphatic carbocycles. The summed E-state index contributed by atoms with van der Waals surface area (Å²) in [6.45, 7) is 1.96. The summed E-state index contributed by atoms with van der Waals surface area (Å²) in [6, 6.07) is 7.84. The first-order chi connectivity index (χ1) is 9.65. The summed E-state index contributed by atoms with van der Waals surface area (Å²) >= 11 is 4.54. The molecule has 1 aromatic carbocycles. The number of thioether (sulfide) groups is 1. The molecule has 6 heteroatoms. The van der Waals surface area contributed by atoms with Crippen LogP contribution in [0.4, 0.5) is 0 Å². The summed E-state index contributed by atoms with van der Waals surface area (Å²) in [7, 11) is 0. The first kappa shape index (κ1) is 13.6. The highest BCUT2D eigenvalue weighted by Gasteiger charge is 2.17. The van der Waals surface area contributed by atoms with Gasteiger partial charge < -0.3 is 5.11 Å². The van der Waals surface area contributed by atoms with Crippen molar-refractivity contribution in [1.82, 2.24) is 4.98 Å². The quantitative estimate of drug-likeness (QED) is 0.710. The number of hydrogen-bond acceptors (Lipinski definition) is 5. The molecule has 0 unspecified atom stereocenters. The maximum absolute atomic E-state index is 11.4. The second-order valence-corrected chi connectivity index (χ2v) is 7.39. The molecule has 0 amide bonds. The van der Waals surface area contributed by atoms with Crippen molar-refractivity contribution >= 4 is 50.5 Å². The number of carbonyl (C=O) groups is 1.